The number of carbonyl (C=O) groups excluding carboxylic acids is 1. The fourth-order valence-electron chi connectivity index (χ4n) is 4.33. The molecule has 2 nitrogen and oxygen atoms in total. The molecular formula is C25H31NO. The van der Waals surface area contributed by atoms with Crippen LogP contribution in [-0.2, 0) is 4.79 Å². The minimum Gasteiger partial charge on any atom is -0.325 e. The van der Waals surface area contributed by atoms with E-state index in [1.807, 2.05) is 12.1 Å². The van der Waals surface area contributed by atoms with E-state index in [-0.39, 0.29) is 18.0 Å². The van der Waals surface area contributed by atoms with Gasteiger partial charge >= 0.3 is 0 Å². The fourth-order valence-corrected chi connectivity index (χ4v) is 4.33. The Balaban J connectivity index is 2.08. The third-order valence-electron chi connectivity index (χ3n) is 5.50. The van der Waals surface area contributed by atoms with E-state index in [0.717, 1.165) is 37.7 Å². The van der Waals surface area contributed by atoms with E-state index >= 15 is 0 Å². The molecule has 0 N–H and O–H groups in total. The molecular weight excluding hydrogens is 330 g/mol. The summed E-state index contributed by atoms with van der Waals surface area (Å²) in [5.41, 5.74) is 4.81. The van der Waals surface area contributed by atoms with Crippen molar-refractivity contribution in [1.29, 1.82) is 0 Å². The summed E-state index contributed by atoms with van der Waals surface area (Å²) < 4.78 is 0. The lowest BCUT2D eigenvalue weighted by atomic mass is 9.85. The highest BCUT2D eigenvalue weighted by Crippen LogP contribution is 2.38. The van der Waals surface area contributed by atoms with Gasteiger partial charge in [0.25, 0.3) is 5.91 Å². The predicted octanol–water partition coefficient (Wildman–Crippen LogP) is 6.29. The van der Waals surface area contributed by atoms with E-state index in [0.29, 0.717) is 0 Å². The van der Waals surface area contributed by atoms with E-state index < -0.39 is 0 Å². The minimum atomic E-state index is -0.0371. The van der Waals surface area contributed by atoms with Crippen molar-refractivity contribution in [3.63, 3.8) is 0 Å². The maximum Gasteiger partial charge on any atom is 0.250 e. The molecule has 27 heavy (non-hydrogen) atoms. The van der Waals surface area contributed by atoms with Gasteiger partial charge in [-0.3, -0.25) is 4.79 Å². The van der Waals surface area contributed by atoms with Crippen LogP contribution in [0.1, 0.15) is 70.0 Å². The van der Waals surface area contributed by atoms with Crippen molar-refractivity contribution in [3.05, 3.63) is 82.9 Å². The van der Waals surface area contributed by atoms with Gasteiger partial charge in [0.05, 0.1) is 6.04 Å². The zero-order valence-electron chi connectivity index (χ0n) is 16.8. The zero-order chi connectivity index (χ0) is 19.2. The molecule has 2 aromatic carbocycles. The smallest absolute Gasteiger partial charge is 0.250 e. The Labute approximate surface area is 163 Å². The summed E-state index contributed by atoms with van der Waals surface area (Å²) in [6, 6.07) is 21.1. The molecule has 1 atom stereocenters. The Hall–Kier alpha value is -2.35. The average Bonchev–Trinajstić information content (AvgIpc) is 2.69. The molecule has 3 rings (SSSR count). The third kappa shape index (κ3) is 4.16. The summed E-state index contributed by atoms with van der Waals surface area (Å²) >= 11 is 0. The lowest BCUT2D eigenvalue weighted by Crippen LogP contribution is -2.46. The standard InChI is InChI=1S/C25H31NO/c1-4-12-22-18-19(3)26(25(27)23(22)13-5-2)24(20-14-8-6-9-15-20)21-16-10-7-11-17-21/h6-11,14-17,19,24H,4-5,12-13,18H2,1-3H3/t19-/m1/s1. The fraction of sp³-hybridized carbons (Fsp3) is 0.400. The van der Waals surface area contributed by atoms with Crippen LogP contribution in [-0.4, -0.2) is 16.8 Å². The van der Waals surface area contributed by atoms with Crippen LogP contribution in [0, 0.1) is 0 Å². The Bertz CT molecular complexity index is 739. The molecule has 2 heteroatoms. The van der Waals surface area contributed by atoms with Crippen molar-refractivity contribution in [2.24, 2.45) is 0 Å². The number of hydrogen-bond acceptors (Lipinski definition) is 1. The minimum absolute atomic E-state index is 0.0371. The van der Waals surface area contributed by atoms with Gasteiger partial charge in [-0.15, -0.1) is 0 Å². The van der Waals surface area contributed by atoms with Gasteiger partial charge in [-0.2, -0.15) is 0 Å². The van der Waals surface area contributed by atoms with Crippen molar-refractivity contribution in [2.45, 2.75) is 65.0 Å². The average molecular weight is 362 g/mol. The molecule has 1 aliphatic rings. The van der Waals surface area contributed by atoms with E-state index in [1.54, 1.807) is 0 Å². The van der Waals surface area contributed by atoms with Crippen molar-refractivity contribution >= 4 is 5.91 Å². The zero-order valence-corrected chi connectivity index (χ0v) is 16.8. The lowest BCUT2D eigenvalue weighted by Gasteiger charge is -2.42. The first-order valence-electron chi connectivity index (χ1n) is 10.3. The van der Waals surface area contributed by atoms with Gasteiger partial charge < -0.3 is 4.90 Å². The molecule has 1 heterocycles. The number of rotatable bonds is 7. The van der Waals surface area contributed by atoms with Crippen molar-refractivity contribution in [2.75, 3.05) is 0 Å². The van der Waals surface area contributed by atoms with Crippen LogP contribution in [0.4, 0.5) is 0 Å². The van der Waals surface area contributed by atoms with Crippen LogP contribution in [0.5, 0.6) is 0 Å². The molecule has 0 saturated heterocycles. The first-order valence-corrected chi connectivity index (χ1v) is 10.3. The normalized spacial score (nSPS) is 17.7. The largest absolute Gasteiger partial charge is 0.325 e. The van der Waals surface area contributed by atoms with Crippen molar-refractivity contribution < 1.29 is 4.79 Å². The second-order valence-electron chi connectivity index (χ2n) is 7.57. The van der Waals surface area contributed by atoms with Crippen LogP contribution < -0.4 is 0 Å². The second kappa shape index (κ2) is 9.03. The molecule has 0 saturated carbocycles. The van der Waals surface area contributed by atoms with Gasteiger partial charge in [0, 0.05) is 11.6 Å². The Morgan fingerprint density at radius 1 is 0.889 bits per heavy atom. The molecule has 0 fully saturated rings. The van der Waals surface area contributed by atoms with E-state index in [9.17, 15) is 4.79 Å². The van der Waals surface area contributed by atoms with Crippen molar-refractivity contribution in [1.82, 2.24) is 4.90 Å². The van der Waals surface area contributed by atoms with E-state index in [1.165, 1.54) is 16.7 Å². The highest BCUT2D eigenvalue weighted by atomic mass is 16.2. The van der Waals surface area contributed by atoms with Crippen LogP contribution in [0.25, 0.3) is 0 Å². The Kier molecular flexibility index (Phi) is 6.49. The summed E-state index contributed by atoms with van der Waals surface area (Å²) in [6.07, 6.45) is 5.03. The molecule has 142 valence electrons. The molecule has 1 aliphatic heterocycles. The molecule has 0 unspecified atom stereocenters. The van der Waals surface area contributed by atoms with E-state index in [2.05, 4.69) is 74.2 Å². The predicted molar refractivity (Wildman–Crippen MR) is 112 cm³/mol. The Morgan fingerprint density at radius 2 is 1.41 bits per heavy atom. The number of benzene rings is 2. The summed E-state index contributed by atoms with van der Waals surface area (Å²) in [6.45, 7) is 6.57. The van der Waals surface area contributed by atoms with Crippen LogP contribution in [0.15, 0.2) is 71.8 Å². The van der Waals surface area contributed by atoms with Gasteiger partial charge in [-0.05, 0) is 37.3 Å². The molecule has 1 amide bonds. The van der Waals surface area contributed by atoms with Gasteiger partial charge in [-0.25, -0.2) is 0 Å². The maximum absolute atomic E-state index is 13.7. The molecule has 0 aromatic heterocycles. The number of nitrogens with zero attached hydrogens (tertiary/aromatic N) is 1. The molecule has 0 spiro atoms. The quantitative estimate of drug-likeness (QED) is 0.567. The summed E-state index contributed by atoms with van der Waals surface area (Å²) in [5, 5.41) is 0. The second-order valence-corrected chi connectivity index (χ2v) is 7.57. The lowest BCUT2D eigenvalue weighted by molar-refractivity contribution is -0.132. The first-order chi connectivity index (χ1) is 13.2. The first kappa shape index (κ1) is 19.4. The van der Waals surface area contributed by atoms with Gasteiger partial charge in [0.1, 0.15) is 0 Å². The summed E-state index contributed by atoms with van der Waals surface area (Å²) in [5.74, 6) is 0.233. The molecule has 0 aliphatic carbocycles. The third-order valence-corrected chi connectivity index (χ3v) is 5.50. The highest BCUT2D eigenvalue weighted by Gasteiger charge is 2.36. The maximum atomic E-state index is 13.7. The van der Waals surface area contributed by atoms with E-state index in [4.69, 9.17) is 0 Å². The number of hydrogen-bond donors (Lipinski definition) is 0. The number of amides is 1. The van der Waals surface area contributed by atoms with Gasteiger partial charge in [-0.1, -0.05) is 92.9 Å². The summed E-state index contributed by atoms with van der Waals surface area (Å²) in [7, 11) is 0. The molecule has 0 bridgehead atoms. The van der Waals surface area contributed by atoms with Gasteiger partial charge in [0.2, 0.25) is 0 Å². The monoisotopic (exact) mass is 361 g/mol. The van der Waals surface area contributed by atoms with Gasteiger partial charge in [0.15, 0.2) is 0 Å². The molecule has 2 aromatic rings. The van der Waals surface area contributed by atoms with Crippen LogP contribution in [0.2, 0.25) is 0 Å². The van der Waals surface area contributed by atoms with Crippen LogP contribution >= 0.6 is 0 Å². The van der Waals surface area contributed by atoms with Crippen LogP contribution in [0.3, 0.4) is 0 Å². The van der Waals surface area contributed by atoms with Crippen molar-refractivity contribution in [3.8, 4) is 0 Å². The Morgan fingerprint density at radius 3 is 1.89 bits per heavy atom. The molecule has 0 radical (unpaired) electrons. The topological polar surface area (TPSA) is 20.3 Å². The number of carbonyl (C=O) groups is 1. The highest BCUT2D eigenvalue weighted by molar-refractivity contribution is 5.96. The summed E-state index contributed by atoms with van der Waals surface area (Å²) in [4.78, 5) is 15.8. The SMILES string of the molecule is CCCC1=C(CCC)C(=O)N(C(c2ccccc2)c2ccccc2)[C@H](C)C1.